The fourth-order valence-electron chi connectivity index (χ4n) is 2.95. The normalized spacial score (nSPS) is 19.4. The Morgan fingerprint density at radius 1 is 1.30 bits per heavy atom. The molecule has 0 N–H and O–H groups in total. The predicted octanol–water partition coefficient (Wildman–Crippen LogP) is 2.77. The molecule has 0 radical (unpaired) electrons. The van der Waals surface area contributed by atoms with Crippen molar-refractivity contribution in [2.45, 2.75) is 25.4 Å². The van der Waals surface area contributed by atoms with Crippen LogP contribution in [0.25, 0.3) is 0 Å². The molecule has 1 aromatic heterocycles. The van der Waals surface area contributed by atoms with E-state index in [0.29, 0.717) is 6.04 Å². The lowest BCUT2D eigenvalue weighted by atomic mass is 10.0. The Labute approximate surface area is 120 Å². The summed E-state index contributed by atoms with van der Waals surface area (Å²) in [6.07, 6.45) is 6.35. The lowest BCUT2D eigenvalue weighted by Gasteiger charge is -2.24. The molecule has 0 spiro atoms. The first kappa shape index (κ1) is 13.2. The largest absolute Gasteiger partial charge is 0.497 e. The van der Waals surface area contributed by atoms with Gasteiger partial charge < -0.3 is 9.30 Å². The summed E-state index contributed by atoms with van der Waals surface area (Å²) < 4.78 is 7.33. The number of methoxy groups -OCH3 is 1. The van der Waals surface area contributed by atoms with Gasteiger partial charge in [0.15, 0.2) is 0 Å². The number of hydrogen-bond donors (Lipinski definition) is 0. The summed E-state index contributed by atoms with van der Waals surface area (Å²) >= 11 is 0. The maximum atomic E-state index is 5.23. The number of rotatable bonds is 4. The lowest BCUT2D eigenvalue weighted by molar-refractivity contribution is 0.240. The zero-order valence-electron chi connectivity index (χ0n) is 12.1. The molecule has 3 rings (SSSR count). The SMILES string of the molecule is COc1ccc(C2CCCN2Cc2nccn2C)cc1. The van der Waals surface area contributed by atoms with Crippen LogP contribution in [0.15, 0.2) is 36.7 Å². The standard InChI is InChI=1S/C16H21N3O/c1-18-11-9-17-16(18)12-19-10-3-4-15(19)13-5-7-14(20-2)8-6-13/h5-9,11,15H,3-4,10,12H2,1-2H3. The van der Waals surface area contributed by atoms with E-state index in [1.165, 1.54) is 18.4 Å². The van der Waals surface area contributed by atoms with Gasteiger partial charge in [0.25, 0.3) is 0 Å². The Morgan fingerprint density at radius 3 is 2.75 bits per heavy atom. The van der Waals surface area contributed by atoms with Gasteiger partial charge in [-0.05, 0) is 37.1 Å². The smallest absolute Gasteiger partial charge is 0.122 e. The zero-order valence-corrected chi connectivity index (χ0v) is 12.1. The minimum Gasteiger partial charge on any atom is -0.497 e. The van der Waals surface area contributed by atoms with Gasteiger partial charge >= 0.3 is 0 Å². The van der Waals surface area contributed by atoms with Crippen molar-refractivity contribution in [1.29, 1.82) is 0 Å². The highest BCUT2D eigenvalue weighted by atomic mass is 16.5. The maximum Gasteiger partial charge on any atom is 0.122 e. The number of hydrogen-bond acceptors (Lipinski definition) is 3. The Bertz CT molecular complexity index is 561. The molecule has 1 atom stereocenters. The summed E-state index contributed by atoms with van der Waals surface area (Å²) in [6, 6.07) is 8.96. The van der Waals surface area contributed by atoms with Crippen molar-refractivity contribution < 1.29 is 4.74 Å². The Kier molecular flexibility index (Phi) is 3.74. The molecule has 0 amide bonds. The van der Waals surface area contributed by atoms with E-state index in [1.54, 1.807) is 7.11 Å². The Hall–Kier alpha value is -1.81. The second kappa shape index (κ2) is 5.67. The summed E-state index contributed by atoms with van der Waals surface area (Å²) in [5.74, 6) is 2.05. The Morgan fingerprint density at radius 2 is 2.10 bits per heavy atom. The summed E-state index contributed by atoms with van der Waals surface area (Å²) in [5, 5.41) is 0. The fourth-order valence-corrected chi connectivity index (χ4v) is 2.95. The average Bonchev–Trinajstić information content (AvgIpc) is 3.09. The summed E-state index contributed by atoms with van der Waals surface area (Å²) in [5.41, 5.74) is 1.37. The molecule has 106 valence electrons. The van der Waals surface area contributed by atoms with Crippen LogP contribution < -0.4 is 4.74 Å². The van der Waals surface area contributed by atoms with Crippen molar-refractivity contribution in [2.24, 2.45) is 7.05 Å². The van der Waals surface area contributed by atoms with Crippen LogP contribution in [0.1, 0.15) is 30.3 Å². The number of aromatic nitrogens is 2. The van der Waals surface area contributed by atoms with Crippen LogP contribution in [-0.4, -0.2) is 28.1 Å². The van der Waals surface area contributed by atoms with Gasteiger partial charge in [-0.15, -0.1) is 0 Å². The van der Waals surface area contributed by atoms with Crippen molar-refractivity contribution in [1.82, 2.24) is 14.5 Å². The minimum atomic E-state index is 0.498. The van der Waals surface area contributed by atoms with Gasteiger partial charge in [-0.3, -0.25) is 4.90 Å². The third-order valence-corrected chi connectivity index (χ3v) is 4.13. The van der Waals surface area contributed by atoms with Crippen LogP contribution in [0.3, 0.4) is 0 Å². The minimum absolute atomic E-state index is 0.498. The average molecular weight is 271 g/mol. The van der Waals surface area contributed by atoms with E-state index in [4.69, 9.17) is 4.74 Å². The second-order valence-electron chi connectivity index (χ2n) is 5.36. The number of likely N-dealkylation sites (tertiary alicyclic amines) is 1. The number of nitrogens with zero attached hydrogens (tertiary/aromatic N) is 3. The van der Waals surface area contributed by atoms with Crippen LogP contribution in [0, 0.1) is 0 Å². The molecule has 1 saturated heterocycles. The molecule has 1 fully saturated rings. The number of benzene rings is 1. The predicted molar refractivity (Wildman–Crippen MR) is 78.6 cm³/mol. The Balaban J connectivity index is 1.76. The fraction of sp³-hybridized carbons (Fsp3) is 0.438. The van der Waals surface area contributed by atoms with E-state index in [-0.39, 0.29) is 0 Å². The van der Waals surface area contributed by atoms with E-state index < -0.39 is 0 Å². The molecule has 1 aliphatic rings. The van der Waals surface area contributed by atoms with Crippen LogP contribution in [0.5, 0.6) is 5.75 Å². The molecule has 0 aliphatic carbocycles. The highest BCUT2D eigenvalue weighted by Crippen LogP contribution is 2.33. The molecule has 4 heteroatoms. The molecule has 0 saturated carbocycles. The molecule has 2 heterocycles. The first-order valence-corrected chi connectivity index (χ1v) is 7.12. The van der Waals surface area contributed by atoms with Gasteiger partial charge in [0.05, 0.1) is 13.7 Å². The summed E-state index contributed by atoms with van der Waals surface area (Å²) in [7, 11) is 3.76. The van der Waals surface area contributed by atoms with Gasteiger partial charge in [0.1, 0.15) is 11.6 Å². The van der Waals surface area contributed by atoms with E-state index in [1.807, 2.05) is 24.5 Å². The third-order valence-electron chi connectivity index (χ3n) is 4.13. The number of aryl methyl sites for hydroxylation is 1. The van der Waals surface area contributed by atoms with Crippen molar-refractivity contribution in [3.63, 3.8) is 0 Å². The highest BCUT2D eigenvalue weighted by Gasteiger charge is 2.26. The van der Waals surface area contributed by atoms with E-state index in [2.05, 4.69) is 33.6 Å². The first-order valence-electron chi connectivity index (χ1n) is 7.12. The van der Waals surface area contributed by atoms with E-state index in [9.17, 15) is 0 Å². The molecule has 4 nitrogen and oxygen atoms in total. The maximum absolute atomic E-state index is 5.23. The van der Waals surface area contributed by atoms with E-state index >= 15 is 0 Å². The molecular formula is C16H21N3O. The van der Waals surface area contributed by atoms with Gasteiger partial charge in [0.2, 0.25) is 0 Å². The van der Waals surface area contributed by atoms with Crippen molar-refractivity contribution in [3.8, 4) is 5.75 Å². The van der Waals surface area contributed by atoms with Crippen molar-refractivity contribution in [2.75, 3.05) is 13.7 Å². The molecule has 0 bridgehead atoms. The van der Waals surface area contributed by atoms with Crippen LogP contribution >= 0.6 is 0 Å². The van der Waals surface area contributed by atoms with Crippen LogP contribution in [0.2, 0.25) is 0 Å². The van der Waals surface area contributed by atoms with E-state index in [0.717, 1.165) is 24.7 Å². The highest BCUT2D eigenvalue weighted by molar-refractivity contribution is 5.29. The van der Waals surface area contributed by atoms with Gasteiger partial charge in [-0.2, -0.15) is 0 Å². The summed E-state index contributed by atoms with van der Waals surface area (Å²) in [4.78, 5) is 6.95. The van der Waals surface area contributed by atoms with Crippen molar-refractivity contribution in [3.05, 3.63) is 48.0 Å². The molecular weight excluding hydrogens is 250 g/mol. The topological polar surface area (TPSA) is 30.3 Å². The molecule has 1 aliphatic heterocycles. The number of imidazole rings is 1. The van der Waals surface area contributed by atoms with Gasteiger partial charge in [-0.1, -0.05) is 12.1 Å². The quantitative estimate of drug-likeness (QED) is 0.856. The molecule has 1 aromatic carbocycles. The molecule has 2 aromatic rings. The van der Waals surface area contributed by atoms with Crippen LogP contribution in [-0.2, 0) is 13.6 Å². The summed E-state index contributed by atoms with van der Waals surface area (Å²) in [6.45, 7) is 2.06. The van der Waals surface area contributed by atoms with Gasteiger partial charge in [0, 0.05) is 25.5 Å². The van der Waals surface area contributed by atoms with Crippen LogP contribution in [0.4, 0.5) is 0 Å². The molecule has 1 unspecified atom stereocenters. The number of ether oxygens (including phenoxy) is 1. The second-order valence-corrected chi connectivity index (χ2v) is 5.36. The zero-order chi connectivity index (χ0) is 13.9. The lowest BCUT2D eigenvalue weighted by Crippen LogP contribution is -2.24. The van der Waals surface area contributed by atoms with Gasteiger partial charge in [-0.25, -0.2) is 4.98 Å². The van der Waals surface area contributed by atoms with Crippen molar-refractivity contribution >= 4 is 0 Å². The third kappa shape index (κ3) is 2.56. The first-order chi connectivity index (χ1) is 9.78. The monoisotopic (exact) mass is 271 g/mol. The molecule has 20 heavy (non-hydrogen) atoms.